The van der Waals surface area contributed by atoms with Crippen molar-refractivity contribution in [2.45, 2.75) is 18.6 Å². The number of aromatic nitrogens is 2. The molecule has 0 aromatic carbocycles. The van der Waals surface area contributed by atoms with Crippen molar-refractivity contribution in [1.82, 2.24) is 9.97 Å². The minimum Gasteiger partial charge on any atom is -0.382 e. The highest BCUT2D eigenvalue weighted by molar-refractivity contribution is 7.99. The van der Waals surface area contributed by atoms with Gasteiger partial charge in [-0.3, -0.25) is 4.98 Å². The molecule has 78 valence electrons. The molecule has 0 saturated heterocycles. The van der Waals surface area contributed by atoms with Crippen LogP contribution in [-0.4, -0.2) is 28.0 Å². The van der Waals surface area contributed by atoms with Crippen molar-refractivity contribution in [3.05, 3.63) is 12.4 Å². The molecule has 0 bridgehead atoms. The second kappa shape index (κ2) is 5.70. The number of hydrogen-bond acceptors (Lipinski definition) is 5. The molecule has 1 rings (SSSR count). The van der Waals surface area contributed by atoms with Gasteiger partial charge in [-0.05, 0) is 12.7 Å². The number of hydrogen-bond donors (Lipinski definition) is 2. The van der Waals surface area contributed by atoms with Gasteiger partial charge in [-0.15, -0.1) is 0 Å². The number of thioether (sulfide) groups is 1. The van der Waals surface area contributed by atoms with Crippen molar-refractivity contribution >= 4 is 23.4 Å². The summed E-state index contributed by atoms with van der Waals surface area (Å²) in [7, 11) is 0. The molecule has 0 amide bonds. The maximum atomic E-state index is 5.50. The molecule has 1 aromatic rings. The Morgan fingerprint density at radius 2 is 2.36 bits per heavy atom. The van der Waals surface area contributed by atoms with Crippen LogP contribution in [0.25, 0.3) is 0 Å². The lowest BCUT2D eigenvalue weighted by molar-refractivity contribution is 0.849. The summed E-state index contributed by atoms with van der Waals surface area (Å²) in [6.07, 6.45) is 6.44. The summed E-state index contributed by atoms with van der Waals surface area (Å²) in [4.78, 5) is 8.04. The molecule has 1 heterocycles. The number of nitrogens with two attached hydrogens (primary N) is 1. The standard InChI is InChI=1S/C9H16N4S/c1-7(14-2)3-4-12-9-6-11-5-8(10)13-9/h5-7H,3-4H2,1-2H3,(H3,10,12,13). The Labute approximate surface area is 88.7 Å². The Hall–Kier alpha value is -0.970. The first-order chi connectivity index (χ1) is 6.72. The molecule has 0 aliphatic rings. The molecule has 0 aliphatic carbocycles. The quantitative estimate of drug-likeness (QED) is 0.776. The van der Waals surface area contributed by atoms with E-state index in [2.05, 4.69) is 28.5 Å². The number of rotatable bonds is 5. The van der Waals surface area contributed by atoms with E-state index in [0.29, 0.717) is 11.1 Å². The lowest BCUT2D eigenvalue weighted by atomic mass is 10.3. The molecule has 4 nitrogen and oxygen atoms in total. The maximum Gasteiger partial charge on any atom is 0.146 e. The van der Waals surface area contributed by atoms with E-state index in [0.717, 1.165) is 18.8 Å². The molecule has 3 N–H and O–H groups in total. The van der Waals surface area contributed by atoms with Crippen LogP contribution in [0.2, 0.25) is 0 Å². The van der Waals surface area contributed by atoms with Crippen LogP contribution in [-0.2, 0) is 0 Å². The zero-order valence-electron chi connectivity index (χ0n) is 8.53. The average molecular weight is 212 g/mol. The highest BCUT2D eigenvalue weighted by Crippen LogP contribution is 2.10. The minimum atomic E-state index is 0.452. The third-order valence-corrected chi connectivity index (χ3v) is 2.95. The lowest BCUT2D eigenvalue weighted by Gasteiger charge is -2.09. The fourth-order valence-corrected chi connectivity index (χ4v) is 1.34. The Bertz CT molecular complexity index is 279. The smallest absolute Gasteiger partial charge is 0.146 e. The maximum absolute atomic E-state index is 5.50. The van der Waals surface area contributed by atoms with Crippen LogP contribution in [0.3, 0.4) is 0 Å². The Balaban J connectivity index is 2.31. The predicted octanol–water partition coefficient (Wildman–Crippen LogP) is 1.61. The number of nitrogens with one attached hydrogen (secondary N) is 1. The van der Waals surface area contributed by atoms with Gasteiger partial charge >= 0.3 is 0 Å². The molecule has 14 heavy (non-hydrogen) atoms. The van der Waals surface area contributed by atoms with Gasteiger partial charge in [-0.25, -0.2) is 4.98 Å². The van der Waals surface area contributed by atoms with Gasteiger partial charge in [0.25, 0.3) is 0 Å². The molecule has 0 radical (unpaired) electrons. The van der Waals surface area contributed by atoms with Gasteiger partial charge in [-0.2, -0.15) is 11.8 Å². The molecule has 0 fully saturated rings. The highest BCUT2D eigenvalue weighted by atomic mass is 32.2. The van der Waals surface area contributed by atoms with Crippen molar-refractivity contribution < 1.29 is 0 Å². The molecular weight excluding hydrogens is 196 g/mol. The van der Waals surface area contributed by atoms with Crippen LogP contribution in [0.4, 0.5) is 11.6 Å². The van der Waals surface area contributed by atoms with Crippen LogP contribution in [0, 0.1) is 0 Å². The van der Waals surface area contributed by atoms with Crippen LogP contribution in [0.15, 0.2) is 12.4 Å². The molecule has 0 saturated carbocycles. The fourth-order valence-electron chi connectivity index (χ4n) is 0.988. The van der Waals surface area contributed by atoms with Gasteiger partial charge in [-0.1, -0.05) is 6.92 Å². The number of anilines is 2. The monoisotopic (exact) mass is 212 g/mol. The summed E-state index contributed by atoms with van der Waals surface area (Å²) in [6, 6.07) is 0. The summed E-state index contributed by atoms with van der Waals surface area (Å²) < 4.78 is 0. The van der Waals surface area contributed by atoms with Crippen molar-refractivity contribution in [2.24, 2.45) is 0 Å². The van der Waals surface area contributed by atoms with Gasteiger partial charge in [0.2, 0.25) is 0 Å². The zero-order chi connectivity index (χ0) is 10.4. The summed E-state index contributed by atoms with van der Waals surface area (Å²) >= 11 is 1.86. The van der Waals surface area contributed by atoms with E-state index in [1.54, 1.807) is 6.20 Å². The molecule has 0 aliphatic heterocycles. The van der Waals surface area contributed by atoms with E-state index >= 15 is 0 Å². The highest BCUT2D eigenvalue weighted by Gasteiger charge is 1.99. The molecule has 1 aromatic heterocycles. The molecule has 1 atom stereocenters. The topological polar surface area (TPSA) is 63.8 Å². The van der Waals surface area contributed by atoms with Crippen LogP contribution in [0.1, 0.15) is 13.3 Å². The van der Waals surface area contributed by atoms with Gasteiger partial charge in [0.05, 0.1) is 12.4 Å². The molecule has 0 spiro atoms. The summed E-state index contributed by atoms with van der Waals surface area (Å²) in [6.45, 7) is 3.11. The second-order valence-electron chi connectivity index (χ2n) is 3.09. The minimum absolute atomic E-state index is 0.452. The van der Waals surface area contributed by atoms with Gasteiger partial charge in [0.15, 0.2) is 0 Å². The van der Waals surface area contributed by atoms with E-state index in [-0.39, 0.29) is 0 Å². The Morgan fingerprint density at radius 3 is 3.00 bits per heavy atom. The summed E-state index contributed by atoms with van der Waals surface area (Å²) in [5, 5.41) is 3.85. The lowest BCUT2D eigenvalue weighted by Crippen LogP contribution is -2.09. The second-order valence-corrected chi connectivity index (χ2v) is 4.37. The number of nitrogens with zero attached hydrogens (tertiary/aromatic N) is 2. The third-order valence-electron chi connectivity index (χ3n) is 1.91. The Kier molecular flexibility index (Phi) is 4.52. The van der Waals surface area contributed by atoms with Crippen molar-refractivity contribution in [3.63, 3.8) is 0 Å². The fraction of sp³-hybridized carbons (Fsp3) is 0.556. The zero-order valence-corrected chi connectivity index (χ0v) is 9.34. The van der Waals surface area contributed by atoms with E-state index < -0.39 is 0 Å². The van der Waals surface area contributed by atoms with E-state index in [4.69, 9.17) is 5.73 Å². The molecule has 5 heteroatoms. The van der Waals surface area contributed by atoms with Crippen molar-refractivity contribution in [2.75, 3.05) is 23.9 Å². The first kappa shape index (κ1) is 11.1. The van der Waals surface area contributed by atoms with Crippen LogP contribution < -0.4 is 11.1 Å². The van der Waals surface area contributed by atoms with Crippen LogP contribution in [0.5, 0.6) is 0 Å². The third kappa shape index (κ3) is 3.83. The summed E-state index contributed by atoms with van der Waals surface area (Å²) in [5.41, 5.74) is 5.50. The van der Waals surface area contributed by atoms with E-state index in [1.165, 1.54) is 6.20 Å². The van der Waals surface area contributed by atoms with Crippen molar-refractivity contribution in [1.29, 1.82) is 0 Å². The van der Waals surface area contributed by atoms with Gasteiger partial charge < -0.3 is 11.1 Å². The predicted molar refractivity (Wildman–Crippen MR) is 62.5 cm³/mol. The first-order valence-electron chi connectivity index (χ1n) is 4.56. The summed E-state index contributed by atoms with van der Waals surface area (Å²) in [5.74, 6) is 1.20. The SMILES string of the molecule is CSC(C)CCNc1cncc(N)n1. The Morgan fingerprint density at radius 1 is 1.57 bits per heavy atom. The van der Waals surface area contributed by atoms with Gasteiger partial charge in [0, 0.05) is 11.8 Å². The molecule has 1 unspecified atom stereocenters. The number of nitrogen functional groups attached to an aromatic ring is 1. The van der Waals surface area contributed by atoms with E-state index in [1.807, 2.05) is 11.8 Å². The largest absolute Gasteiger partial charge is 0.382 e. The van der Waals surface area contributed by atoms with Gasteiger partial charge in [0.1, 0.15) is 11.6 Å². The first-order valence-corrected chi connectivity index (χ1v) is 5.85. The van der Waals surface area contributed by atoms with E-state index in [9.17, 15) is 0 Å². The van der Waals surface area contributed by atoms with Crippen LogP contribution >= 0.6 is 11.8 Å². The average Bonchev–Trinajstić information content (AvgIpc) is 2.17. The normalized spacial score (nSPS) is 12.4. The molecular formula is C9H16N4S. The van der Waals surface area contributed by atoms with Crippen molar-refractivity contribution in [3.8, 4) is 0 Å².